The zero-order valence-corrected chi connectivity index (χ0v) is 8.31. The lowest BCUT2D eigenvalue weighted by molar-refractivity contribution is 0.597. The van der Waals surface area contributed by atoms with Crippen LogP contribution in [-0.2, 0) is 16.6 Å². The molecule has 74 valence electrons. The van der Waals surface area contributed by atoms with Crippen LogP contribution in [0.3, 0.4) is 0 Å². The predicted octanol–water partition coefficient (Wildman–Crippen LogP) is -0.391. The van der Waals surface area contributed by atoms with Crippen molar-refractivity contribution in [2.24, 2.45) is 10.9 Å². The van der Waals surface area contributed by atoms with E-state index in [2.05, 4.69) is 4.98 Å². The maximum absolute atomic E-state index is 10.7. The molecule has 0 atom stereocenters. The number of sulfonamides is 1. The van der Waals surface area contributed by atoms with Crippen molar-refractivity contribution in [3.63, 3.8) is 0 Å². The summed E-state index contributed by atoms with van der Waals surface area (Å²) in [6.45, 7) is 0.283. The quantitative estimate of drug-likeness (QED) is 0.713. The Morgan fingerprint density at radius 1 is 1.38 bits per heavy atom. The van der Waals surface area contributed by atoms with Crippen LogP contribution in [0.2, 0.25) is 0 Å². The van der Waals surface area contributed by atoms with E-state index in [9.17, 15) is 8.42 Å². The predicted molar refractivity (Wildman–Crippen MR) is 50.7 cm³/mol. The topological polar surface area (TPSA) is 99.1 Å². The third-order valence-corrected chi connectivity index (χ3v) is 2.23. The fourth-order valence-corrected chi connectivity index (χ4v) is 1.16. The lowest BCUT2D eigenvalue weighted by Gasteiger charge is -1.98. The van der Waals surface area contributed by atoms with Gasteiger partial charge >= 0.3 is 0 Å². The van der Waals surface area contributed by atoms with Crippen LogP contribution >= 0.6 is 12.4 Å². The fraction of sp³-hybridized carbons (Fsp3) is 0.167. The molecule has 0 aliphatic rings. The molecule has 0 unspecified atom stereocenters. The highest BCUT2D eigenvalue weighted by molar-refractivity contribution is 7.89. The molecule has 5 nitrogen and oxygen atoms in total. The molecule has 0 radical (unpaired) electrons. The molecular weight excluding hydrogens is 214 g/mol. The van der Waals surface area contributed by atoms with Gasteiger partial charge in [0, 0.05) is 12.7 Å². The molecule has 0 aliphatic carbocycles. The van der Waals surface area contributed by atoms with E-state index < -0.39 is 10.0 Å². The Labute approximate surface area is 82.6 Å². The Hall–Kier alpha value is -0.690. The largest absolute Gasteiger partial charge is 0.325 e. The first-order valence-corrected chi connectivity index (χ1v) is 4.76. The van der Waals surface area contributed by atoms with Crippen molar-refractivity contribution >= 4 is 22.4 Å². The first-order valence-electron chi connectivity index (χ1n) is 3.22. The zero-order valence-electron chi connectivity index (χ0n) is 6.67. The first kappa shape index (κ1) is 12.3. The van der Waals surface area contributed by atoms with Gasteiger partial charge in [-0.1, -0.05) is 0 Å². The first-order chi connectivity index (χ1) is 5.54. The molecule has 0 saturated heterocycles. The van der Waals surface area contributed by atoms with Crippen LogP contribution in [0.4, 0.5) is 0 Å². The maximum atomic E-state index is 10.7. The molecule has 0 saturated carbocycles. The Bertz CT molecular complexity index is 362. The van der Waals surface area contributed by atoms with Crippen molar-refractivity contribution < 1.29 is 8.42 Å². The molecule has 0 bridgehead atoms. The Morgan fingerprint density at radius 3 is 2.31 bits per heavy atom. The second-order valence-corrected chi connectivity index (χ2v) is 3.80. The van der Waals surface area contributed by atoms with E-state index in [1.54, 1.807) is 0 Å². The standard InChI is InChI=1S/C6H9N3O2S.ClH/c7-3-5-1-2-6(4-9-5)12(8,10)11;/h1-2,4H,3,7H2,(H2,8,10,11);1H. The number of hydrogen-bond donors (Lipinski definition) is 2. The van der Waals surface area contributed by atoms with Crippen molar-refractivity contribution in [1.29, 1.82) is 0 Å². The molecular formula is C6H10ClN3O2S. The molecule has 13 heavy (non-hydrogen) atoms. The summed E-state index contributed by atoms with van der Waals surface area (Å²) >= 11 is 0. The molecule has 1 aromatic rings. The van der Waals surface area contributed by atoms with E-state index >= 15 is 0 Å². The fourth-order valence-electron chi connectivity index (χ4n) is 0.700. The SMILES string of the molecule is Cl.NCc1ccc(S(N)(=O)=O)cn1. The van der Waals surface area contributed by atoms with Gasteiger partial charge in [-0.05, 0) is 12.1 Å². The number of halogens is 1. The molecule has 0 spiro atoms. The van der Waals surface area contributed by atoms with Crippen LogP contribution < -0.4 is 10.9 Å². The Kier molecular flexibility index (Phi) is 4.28. The maximum Gasteiger partial charge on any atom is 0.239 e. The highest BCUT2D eigenvalue weighted by Gasteiger charge is 2.06. The molecule has 4 N–H and O–H groups in total. The van der Waals surface area contributed by atoms with Gasteiger partial charge in [0.25, 0.3) is 0 Å². The molecule has 1 rings (SSSR count). The van der Waals surface area contributed by atoms with Gasteiger partial charge in [0.15, 0.2) is 0 Å². The smallest absolute Gasteiger partial charge is 0.239 e. The highest BCUT2D eigenvalue weighted by Crippen LogP contribution is 2.04. The summed E-state index contributed by atoms with van der Waals surface area (Å²) in [7, 11) is -3.63. The van der Waals surface area contributed by atoms with Crippen LogP contribution in [0.5, 0.6) is 0 Å². The van der Waals surface area contributed by atoms with Gasteiger partial charge in [0.1, 0.15) is 4.90 Å². The third-order valence-electron chi connectivity index (χ3n) is 1.34. The average molecular weight is 224 g/mol. The van der Waals surface area contributed by atoms with E-state index in [1.165, 1.54) is 18.3 Å². The van der Waals surface area contributed by atoms with Crippen molar-refractivity contribution in [2.45, 2.75) is 11.4 Å². The highest BCUT2D eigenvalue weighted by atomic mass is 35.5. The summed E-state index contributed by atoms with van der Waals surface area (Å²) in [5.41, 5.74) is 5.89. The van der Waals surface area contributed by atoms with E-state index in [4.69, 9.17) is 10.9 Å². The number of nitrogens with zero attached hydrogens (tertiary/aromatic N) is 1. The van der Waals surface area contributed by atoms with Crippen LogP contribution in [0.15, 0.2) is 23.2 Å². The van der Waals surface area contributed by atoms with Gasteiger partial charge in [-0.15, -0.1) is 12.4 Å². The monoisotopic (exact) mass is 223 g/mol. The summed E-state index contributed by atoms with van der Waals surface area (Å²) < 4.78 is 21.5. The second kappa shape index (κ2) is 4.52. The van der Waals surface area contributed by atoms with Gasteiger partial charge < -0.3 is 5.73 Å². The summed E-state index contributed by atoms with van der Waals surface area (Å²) in [5, 5.41) is 4.85. The molecule has 1 heterocycles. The molecule has 7 heteroatoms. The van der Waals surface area contributed by atoms with Crippen LogP contribution in [0, 0.1) is 0 Å². The van der Waals surface area contributed by atoms with Crippen molar-refractivity contribution in [3.05, 3.63) is 24.0 Å². The number of hydrogen-bond acceptors (Lipinski definition) is 4. The normalized spacial score (nSPS) is 10.6. The summed E-state index contributed by atoms with van der Waals surface area (Å²) in [4.78, 5) is 3.78. The minimum Gasteiger partial charge on any atom is -0.325 e. The molecule has 0 aliphatic heterocycles. The molecule has 1 aromatic heterocycles. The van der Waals surface area contributed by atoms with Crippen molar-refractivity contribution in [2.75, 3.05) is 0 Å². The third kappa shape index (κ3) is 3.27. The van der Waals surface area contributed by atoms with Crippen LogP contribution in [0.25, 0.3) is 0 Å². The number of rotatable bonds is 2. The molecule has 0 amide bonds. The summed E-state index contributed by atoms with van der Waals surface area (Å²) in [5.74, 6) is 0. The lowest BCUT2D eigenvalue weighted by atomic mass is 10.4. The van der Waals surface area contributed by atoms with Crippen molar-refractivity contribution in [3.8, 4) is 0 Å². The van der Waals surface area contributed by atoms with Gasteiger partial charge in [-0.25, -0.2) is 13.6 Å². The summed E-state index contributed by atoms with van der Waals surface area (Å²) in [6, 6.07) is 2.91. The van der Waals surface area contributed by atoms with E-state index in [1.807, 2.05) is 0 Å². The van der Waals surface area contributed by atoms with E-state index in [0.29, 0.717) is 5.69 Å². The Morgan fingerprint density at radius 2 is 2.00 bits per heavy atom. The van der Waals surface area contributed by atoms with Crippen LogP contribution in [0.1, 0.15) is 5.69 Å². The molecule has 0 aromatic carbocycles. The zero-order chi connectivity index (χ0) is 9.19. The minimum absolute atomic E-state index is 0. The van der Waals surface area contributed by atoms with E-state index in [-0.39, 0.29) is 23.8 Å². The minimum atomic E-state index is -3.63. The number of nitrogens with two attached hydrogens (primary N) is 2. The number of aromatic nitrogens is 1. The average Bonchev–Trinajstić information content (AvgIpc) is 2.03. The van der Waals surface area contributed by atoms with Crippen molar-refractivity contribution in [1.82, 2.24) is 4.98 Å². The Balaban J connectivity index is 0.00000144. The lowest BCUT2D eigenvalue weighted by Crippen LogP contribution is -2.12. The van der Waals surface area contributed by atoms with Crippen LogP contribution in [-0.4, -0.2) is 13.4 Å². The van der Waals surface area contributed by atoms with Gasteiger partial charge in [0.05, 0.1) is 5.69 Å². The van der Waals surface area contributed by atoms with Gasteiger partial charge in [0.2, 0.25) is 10.0 Å². The number of pyridine rings is 1. The van der Waals surface area contributed by atoms with Gasteiger partial charge in [-0.2, -0.15) is 0 Å². The number of primary sulfonamides is 1. The van der Waals surface area contributed by atoms with E-state index in [0.717, 1.165) is 0 Å². The second-order valence-electron chi connectivity index (χ2n) is 2.23. The summed E-state index contributed by atoms with van der Waals surface area (Å²) in [6.07, 6.45) is 1.19. The molecule has 0 fully saturated rings. The van der Waals surface area contributed by atoms with Gasteiger partial charge in [-0.3, -0.25) is 4.98 Å².